The van der Waals surface area contributed by atoms with E-state index in [0.717, 1.165) is 27.4 Å². The first kappa shape index (κ1) is 30.7. The quantitative estimate of drug-likeness (QED) is 0.339. The van der Waals surface area contributed by atoms with Crippen LogP contribution < -0.4 is 14.4 Å². The van der Waals surface area contributed by atoms with Crippen molar-refractivity contribution >= 4 is 27.5 Å². The minimum Gasteiger partial charge on any atom is -0.497 e. The SMILES string of the molecule is CC[C@@H](C)NC(=O)[C@H](C)N(Cc1cccc(C)c1)C(=O)CN(c1ccc(C)cc1)S(=O)(=O)c1ccc(OC)cc1. The second-order valence-corrected chi connectivity index (χ2v) is 11.9. The highest BCUT2D eigenvalue weighted by molar-refractivity contribution is 7.92. The third kappa shape index (κ3) is 7.63. The first-order valence-corrected chi connectivity index (χ1v) is 14.8. The summed E-state index contributed by atoms with van der Waals surface area (Å²) in [6.07, 6.45) is 0.742. The Bertz CT molecular complexity index is 1410. The summed E-state index contributed by atoms with van der Waals surface area (Å²) < 4.78 is 34.1. The number of amides is 2. The van der Waals surface area contributed by atoms with Crippen molar-refractivity contribution in [1.29, 1.82) is 0 Å². The van der Waals surface area contributed by atoms with E-state index in [1.165, 1.54) is 24.1 Å². The van der Waals surface area contributed by atoms with E-state index < -0.39 is 28.5 Å². The van der Waals surface area contributed by atoms with Crippen molar-refractivity contribution < 1.29 is 22.7 Å². The molecule has 0 aliphatic rings. The lowest BCUT2D eigenvalue weighted by Gasteiger charge is -2.32. The second kappa shape index (κ2) is 13.5. The highest BCUT2D eigenvalue weighted by Crippen LogP contribution is 2.26. The summed E-state index contributed by atoms with van der Waals surface area (Å²) in [7, 11) is -2.64. The van der Waals surface area contributed by atoms with Gasteiger partial charge in [-0.2, -0.15) is 0 Å². The summed E-state index contributed by atoms with van der Waals surface area (Å²) in [5.74, 6) is -0.274. The number of nitrogens with zero attached hydrogens (tertiary/aromatic N) is 2. The van der Waals surface area contributed by atoms with E-state index in [1.807, 2.05) is 52.0 Å². The maximum atomic E-state index is 14.0. The summed E-state index contributed by atoms with van der Waals surface area (Å²) >= 11 is 0. The van der Waals surface area contributed by atoms with Gasteiger partial charge in [0.25, 0.3) is 10.0 Å². The largest absolute Gasteiger partial charge is 0.497 e. The smallest absolute Gasteiger partial charge is 0.264 e. The van der Waals surface area contributed by atoms with Gasteiger partial charge in [-0.3, -0.25) is 13.9 Å². The van der Waals surface area contributed by atoms with Gasteiger partial charge in [0.15, 0.2) is 0 Å². The molecular weight excluding hydrogens is 526 g/mol. The van der Waals surface area contributed by atoms with Crippen molar-refractivity contribution in [3.8, 4) is 5.75 Å². The van der Waals surface area contributed by atoms with Crippen LogP contribution in [0.3, 0.4) is 0 Å². The maximum absolute atomic E-state index is 14.0. The molecule has 2 atom stereocenters. The van der Waals surface area contributed by atoms with Crippen LogP contribution in [0, 0.1) is 13.8 Å². The number of nitrogens with one attached hydrogen (secondary N) is 1. The van der Waals surface area contributed by atoms with Gasteiger partial charge in [-0.25, -0.2) is 8.42 Å². The standard InChI is InChI=1S/C31H39N3O5S/c1-7-24(4)32-31(36)25(5)33(20-26-10-8-9-23(3)19-26)30(35)21-34(27-13-11-22(2)12-14-27)40(37,38)29-17-15-28(39-6)16-18-29/h8-19,24-25H,7,20-21H2,1-6H3,(H,32,36)/t24-,25+/m1/s1. The molecule has 40 heavy (non-hydrogen) atoms. The van der Waals surface area contributed by atoms with Gasteiger partial charge in [0.05, 0.1) is 17.7 Å². The summed E-state index contributed by atoms with van der Waals surface area (Å²) in [6.45, 7) is 9.06. The summed E-state index contributed by atoms with van der Waals surface area (Å²) in [6, 6.07) is 19.8. The zero-order valence-electron chi connectivity index (χ0n) is 24.0. The molecule has 2 amide bonds. The number of anilines is 1. The molecule has 3 aromatic rings. The molecule has 0 saturated carbocycles. The second-order valence-electron chi connectivity index (χ2n) is 10.0. The van der Waals surface area contributed by atoms with E-state index >= 15 is 0 Å². The van der Waals surface area contributed by atoms with Crippen LogP contribution in [0.1, 0.15) is 43.9 Å². The predicted molar refractivity (Wildman–Crippen MR) is 158 cm³/mol. The lowest BCUT2D eigenvalue weighted by Crippen LogP contribution is -2.52. The van der Waals surface area contributed by atoms with Crippen molar-refractivity contribution in [2.45, 2.75) is 64.6 Å². The van der Waals surface area contributed by atoms with Crippen molar-refractivity contribution in [3.63, 3.8) is 0 Å². The Balaban J connectivity index is 2.02. The minimum absolute atomic E-state index is 0.0227. The summed E-state index contributed by atoms with van der Waals surface area (Å²) in [5.41, 5.74) is 3.16. The van der Waals surface area contributed by atoms with E-state index in [1.54, 1.807) is 43.3 Å². The molecule has 0 saturated heterocycles. The van der Waals surface area contributed by atoms with Gasteiger partial charge in [0.2, 0.25) is 11.8 Å². The number of benzene rings is 3. The zero-order chi connectivity index (χ0) is 29.4. The predicted octanol–water partition coefficient (Wildman–Crippen LogP) is 4.84. The zero-order valence-corrected chi connectivity index (χ0v) is 24.9. The van der Waals surface area contributed by atoms with Crippen LogP contribution in [-0.4, -0.2) is 50.9 Å². The number of sulfonamides is 1. The molecule has 0 unspecified atom stereocenters. The molecule has 9 heteroatoms. The summed E-state index contributed by atoms with van der Waals surface area (Å²) in [5, 5.41) is 2.94. The van der Waals surface area contributed by atoms with Crippen molar-refractivity contribution in [1.82, 2.24) is 10.2 Å². The van der Waals surface area contributed by atoms with E-state index in [0.29, 0.717) is 11.4 Å². The molecule has 0 bridgehead atoms. The highest BCUT2D eigenvalue weighted by Gasteiger charge is 2.32. The normalized spacial score (nSPS) is 12.8. The molecule has 1 N–H and O–H groups in total. The Morgan fingerprint density at radius 1 is 0.925 bits per heavy atom. The average Bonchev–Trinajstić information content (AvgIpc) is 2.94. The fourth-order valence-corrected chi connectivity index (χ4v) is 5.58. The molecule has 214 valence electrons. The fraction of sp³-hybridized carbons (Fsp3) is 0.355. The van der Waals surface area contributed by atoms with Crippen LogP contribution in [-0.2, 0) is 26.2 Å². The lowest BCUT2D eigenvalue weighted by molar-refractivity contribution is -0.139. The van der Waals surface area contributed by atoms with Crippen LogP contribution >= 0.6 is 0 Å². The van der Waals surface area contributed by atoms with Crippen LogP contribution in [0.5, 0.6) is 5.75 Å². The molecular formula is C31H39N3O5S. The van der Waals surface area contributed by atoms with Gasteiger partial charge >= 0.3 is 0 Å². The highest BCUT2D eigenvalue weighted by atomic mass is 32.2. The Morgan fingerprint density at radius 3 is 2.15 bits per heavy atom. The number of carbonyl (C=O) groups excluding carboxylic acids is 2. The van der Waals surface area contributed by atoms with E-state index in [2.05, 4.69) is 5.32 Å². The van der Waals surface area contributed by atoms with E-state index in [-0.39, 0.29) is 23.4 Å². The molecule has 0 radical (unpaired) electrons. The first-order chi connectivity index (χ1) is 19.0. The van der Waals surface area contributed by atoms with Gasteiger partial charge in [0, 0.05) is 12.6 Å². The molecule has 0 spiro atoms. The van der Waals surface area contributed by atoms with Gasteiger partial charge < -0.3 is 15.0 Å². The number of aryl methyl sites for hydroxylation is 2. The Kier molecular flexibility index (Phi) is 10.3. The number of methoxy groups -OCH3 is 1. The molecule has 8 nitrogen and oxygen atoms in total. The summed E-state index contributed by atoms with van der Waals surface area (Å²) in [4.78, 5) is 28.6. The third-order valence-electron chi connectivity index (χ3n) is 6.85. The fourth-order valence-electron chi connectivity index (χ4n) is 4.17. The average molecular weight is 566 g/mol. The van der Waals surface area contributed by atoms with Gasteiger partial charge in [0.1, 0.15) is 18.3 Å². The molecule has 0 aliphatic heterocycles. The van der Waals surface area contributed by atoms with Gasteiger partial charge in [-0.1, -0.05) is 54.4 Å². The first-order valence-electron chi connectivity index (χ1n) is 13.3. The molecule has 0 aromatic heterocycles. The lowest BCUT2D eigenvalue weighted by atomic mass is 10.1. The van der Waals surface area contributed by atoms with Gasteiger partial charge in [-0.05, 0) is 76.1 Å². The number of carbonyl (C=O) groups is 2. The van der Waals surface area contributed by atoms with Crippen LogP contribution in [0.15, 0.2) is 77.7 Å². The van der Waals surface area contributed by atoms with Crippen molar-refractivity contribution in [3.05, 3.63) is 89.5 Å². The number of hydrogen-bond donors (Lipinski definition) is 1. The molecule has 0 aliphatic carbocycles. The Labute approximate surface area is 238 Å². The van der Waals surface area contributed by atoms with Crippen molar-refractivity contribution in [2.75, 3.05) is 18.0 Å². The Morgan fingerprint density at radius 2 is 1.57 bits per heavy atom. The Hall–Kier alpha value is -3.85. The van der Waals surface area contributed by atoms with Crippen LogP contribution in [0.4, 0.5) is 5.69 Å². The molecule has 3 rings (SSSR count). The number of ether oxygens (including phenoxy) is 1. The monoisotopic (exact) mass is 565 g/mol. The topological polar surface area (TPSA) is 96.0 Å². The van der Waals surface area contributed by atoms with Crippen LogP contribution in [0.2, 0.25) is 0 Å². The third-order valence-corrected chi connectivity index (χ3v) is 8.64. The number of rotatable bonds is 12. The van der Waals surface area contributed by atoms with E-state index in [4.69, 9.17) is 4.74 Å². The van der Waals surface area contributed by atoms with Crippen molar-refractivity contribution in [2.24, 2.45) is 0 Å². The van der Waals surface area contributed by atoms with Crippen LogP contribution in [0.25, 0.3) is 0 Å². The maximum Gasteiger partial charge on any atom is 0.264 e. The number of hydrogen-bond acceptors (Lipinski definition) is 5. The molecule has 0 heterocycles. The molecule has 0 fully saturated rings. The van der Waals surface area contributed by atoms with Gasteiger partial charge in [-0.15, -0.1) is 0 Å². The molecule has 3 aromatic carbocycles. The van der Waals surface area contributed by atoms with E-state index in [9.17, 15) is 18.0 Å². The minimum atomic E-state index is -4.14.